The number of fused-ring (bicyclic) bond motifs is 1. The number of carbonyl (C=O) groups excluding carboxylic acids is 1. The maximum absolute atomic E-state index is 12.3. The van der Waals surface area contributed by atoms with Crippen molar-refractivity contribution >= 4 is 34.7 Å². The standard InChI is InChI=1S/C25H21NO3S/c27-23(16-11-19-7-2-1-3-8-19)20-12-14-21(15-13-20)28-17-6-18-30-25-26-22-9-4-5-10-24(22)29-25/h1-5,7-16H,6,17-18H2. The molecular formula is C25H21NO3S. The van der Waals surface area contributed by atoms with Crippen LogP contribution < -0.4 is 4.74 Å². The second-order valence-corrected chi connectivity index (χ2v) is 7.68. The summed E-state index contributed by atoms with van der Waals surface area (Å²) in [5.74, 6) is 1.58. The van der Waals surface area contributed by atoms with E-state index < -0.39 is 0 Å². The number of ether oxygens (including phenoxy) is 1. The first-order valence-electron chi connectivity index (χ1n) is 9.77. The Kier molecular flexibility index (Phi) is 6.62. The lowest BCUT2D eigenvalue weighted by atomic mass is 10.1. The first-order chi connectivity index (χ1) is 14.8. The predicted octanol–water partition coefficient (Wildman–Crippen LogP) is 6.29. The smallest absolute Gasteiger partial charge is 0.256 e. The molecule has 1 aromatic heterocycles. The van der Waals surface area contributed by atoms with Crippen LogP contribution in [0.1, 0.15) is 22.3 Å². The molecule has 5 heteroatoms. The van der Waals surface area contributed by atoms with Crippen LogP contribution >= 0.6 is 11.8 Å². The quantitative estimate of drug-likeness (QED) is 0.139. The van der Waals surface area contributed by atoms with Gasteiger partial charge >= 0.3 is 0 Å². The minimum atomic E-state index is -0.0277. The molecule has 1 heterocycles. The molecule has 0 aliphatic heterocycles. The molecule has 150 valence electrons. The number of hydrogen-bond donors (Lipinski definition) is 0. The number of thioether (sulfide) groups is 1. The normalized spacial score (nSPS) is 11.2. The van der Waals surface area contributed by atoms with Gasteiger partial charge in [0, 0.05) is 11.3 Å². The van der Waals surface area contributed by atoms with Gasteiger partial charge in [0.1, 0.15) is 11.3 Å². The van der Waals surface area contributed by atoms with E-state index in [1.165, 1.54) is 0 Å². The number of hydrogen-bond acceptors (Lipinski definition) is 5. The van der Waals surface area contributed by atoms with Crippen LogP contribution in [0.15, 0.2) is 94.6 Å². The predicted molar refractivity (Wildman–Crippen MR) is 121 cm³/mol. The summed E-state index contributed by atoms with van der Waals surface area (Å²) in [5, 5.41) is 0.683. The summed E-state index contributed by atoms with van der Waals surface area (Å²) in [5.41, 5.74) is 3.33. The molecule has 0 atom stereocenters. The third-order valence-electron chi connectivity index (χ3n) is 4.42. The van der Waals surface area contributed by atoms with Crippen LogP contribution in [0.5, 0.6) is 5.75 Å². The second kappa shape index (κ2) is 9.94. The lowest BCUT2D eigenvalue weighted by molar-refractivity contribution is 0.104. The third-order valence-corrected chi connectivity index (χ3v) is 5.34. The van der Waals surface area contributed by atoms with Crippen LogP contribution in [-0.2, 0) is 0 Å². The summed E-state index contributed by atoms with van der Waals surface area (Å²) in [4.78, 5) is 16.7. The molecule has 0 fully saturated rings. The molecule has 0 bridgehead atoms. The van der Waals surface area contributed by atoms with Gasteiger partial charge in [-0.05, 0) is 54.5 Å². The lowest BCUT2D eigenvalue weighted by Crippen LogP contribution is -2.00. The van der Waals surface area contributed by atoms with E-state index in [0.717, 1.165) is 34.6 Å². The van der Waals surface area contributed by atoms with E-state index in [1.807, 2.05) is 72.8 Å². The number of carbonyl (C=O) groups is 1. The maximum atomic E-state index is 12.3. The highest BCUT2D eigenvalue weighted by molar-refractivity contribution is 7.99. The highest BCUT2D eigenvalue weighted by Gasteiger charge is 2.06. The summed E-state index contributed by atoms with van der Waals surface area (Å²) >= 11 is 1.58. The molecule has 4 aromatic rings. The lowest BCUT2D eigenvalue weighted by Gasteiger charge is -2.06. The van der Waals surface area contributed by atoms with Crippen LogP contribution in [-0.4, -0.2) is 23.1 Å². The Morgan fingerprint density at radius 1 is 0.967 bits per heavy atom. The van der Waals surface area contributed by atoms with Crippen LogP contribution in [0.3, 0.4) is 0 Å². The van der Waals surface area contributed by atoms with E-state index in [9.17, 15) is 4.79 Å². The molecule has 3 aromatic carbocycles. The Morgan fingerprint density at radius 2 is 1.73 bits per heavy atom. The molecule has 0 unspecified atom stereocenters. The van der Waals surface area contributed by atoms with Crippen molar-refractivity contribution in [3.05, 3.63) is 96.1 Å². The SMILES string of the molecule is O=C(C=Cc1ccccc1)c1ccc(OCCCSc2nc3ccccc3o2)cc1. The summed E-state index contributed by atoms with van der Waals surface area (Å²) in [6.45, 7) is 0.592. The van der Waals surface area contributed by atoms with Gasteiger partial charge in [0.25, 0.3) is 5.22 Å². The van der Waals surface area contributed by atoms with Gasteiger partial charge in [-0.25, -0.2) is 4.98 Å². The van der Waals surface area contributed by atoms with Crippen LogP contribution in [0.25, 0.3) is 17.2 Å². The first kappa shape index (κ1) is 20.0. The minimum Gasteiger partial charge on any atom is -0.494 e. The van der Waals surface area contributed by atoms with Crippen molar-refractivity contribution in [2.45, 2.75) is 11.6 Å². The van der Waals surface area contributed by atoms with Crippen molar-refractivity contribution in [2.75, 3.05) is 12.4 Å². The van der Waals surface area contributed by atoms with Crippen LogP contribution in [0.4, 0.5) is 0 Å². The molecule has 0 saturated carbocycles. The molecule has 0 saturated heterocycles. The molecule has 4 nitrogen and oxygen atoms in total. The Morgan fingerprint density at radius 3 is 2.53 bits per heavy atom. The van der Waals surface area contributed by atoms with Crippen LogP contribution in [0.2, 0.25) is 0 Å². The maximum Gasteiger partial charge on any atom is 0.256 e. The molecular weight excluding hydrogens is 394 g/mol. The summed E-state index contributed by atoms with van der Waals surface area (Å²) in [7, 11) is 0. The highest BCUT2D eigenvalue weighted by Crippen LogP contribution is 2.23. The summed E-state index contributed by atoms with van der Waals surface area (Å²) in [6.07, 6.45) is 4.28. The van der Waals surface area contributed by atoms with E-state index in [2.05, 4.69) is 4.98 Å². The van der Waals surface area contributed by atoms with E-state index in [0.29, 0.717) is 17.4 Å². The molecule has 0 spiro atoms. The van der Waals surface area contributed by atoms with Crippen molar-refractivity contribution in [3.63, 3.8) is 0 Å². The monoisotopic (exact) mass is 415 g/mol. The molecule has 0 amide bonds. The Balaban J connectivity index is 1.21. The highest BCUT2D eigenvalue weighted by atomic mass is 32.2. The summed E-state index contributed by atoms with van der Waals surface area (Å²) in [6, 6.07) is 24.8. The molecule has 0 aliphatic carbocycles. The fourth-order valence-electron chi connectivity index (χ4n) is 2.87. The van der Waals surface area contributed by atoms with E-state index in [4.69, 9.17) is 9.15 Å². The van der Waals surface area contributed by atoms with Gasteiger partial charge in [-0.15, -0.1) is 0 Å². The number of nitrogens with zero attached hydrogens (tertiary/aromatic N) is 1. The second-order valence-electron chi connectivity index (χ2n) is 6.63. The third kappa shape index (κ3) is 5.39. The molecule has 30 heavy (non-hydrogen) atoms. The van der Waals surface area contributed by atoms with E-state index in [1.54, 1.807) is 30.0 Å². The zero-order chi connectivity index (χ0) is 20.6. The van der Waals surface area contributed by atoms with Crippen molar-refractivity contribution in [1.29, 1.82) is 0 Å². The van der Waals surface area contributed by atoms with Crippen LogP contribution in [0, 0.1) is 0 Å². The molecule has 0 aliphatic rings. The van der Waals surface area contributed by atoms with Crippen molar-refractivity contribution in [1.82, 2.24) is 4.98 Å². The number of aromatic nitrogens is 1. The number of allylic oxidation sites excluding steroid dienone is 1. The van der Waals surface area contributed by atoms with Gasteiger partial charge < -0.3 is 9.15 Å². The fraction of sp³-hybridized carbons (Fsp3) is 0.120. The number of benzene rings is 3. The molecule has 0 radical (unpaired) electrons. The van der Waals surface area contributed by atoms with Gasteiger partial charge in [0.2, 0.25) is 0 Å². The zero-order valence-electron chi connectivity index (χ0n) is 16.4. The van der Waals surface area contributed by atoms with Crippen molar-refractivity contribution in [2.24, 2.45) is 0 Å². The Labute approximate surface area is 179 Å². The molecule has 4 rings (SSSR count). The molecule has 0 N–H and O–H groups in total. The average Bonchev–Trinajstić information content (AvgIpc) is 3.21. The fourth-order valence-corrected chi connectivity index (χ4v) is 3.62. The number of oxazole rings is 1. The van der Waals surface area contributed by atoms with E-state index in [-0.39, 0.29) is 5.78 Å². The Hall–Kier alpha value is -3.31. The van der Waals surface area contributed by atoms with Gasteiger partial charge in [-0.1, -0.05) is 60.3 Å². The number of rotatable bonds is 9. The number of para-hydroxylation sites is 2. The van der Waals surface area contributed by atoms with Crippen molar-refractivity contribution in [3.8, 4) is 5.75 Å². The zero-order valence-corrected chi connectivity index (χ0v) is 17.2. The topological polar surface area (TPSA) is 52.3 Å². The van der Waals surface area contributed by atoms with Crippen molar-refractivity contribution < 1.29 is 13.9 Å². The van der Waals surface area contributed by atoms with E-state index >= 15 is 0 Å². The minimum absolute atomic E-state index is 0.0277. The Bertz CT molecular complexity index is 1100. The van der Waals surface area contributed by atoms with Gasteiger partial charge in [0.15, 0.2) is 11.4 Å². The summed E-state index contributed by atoms with van der Waals surface area (Å²) < 4.78 is 11.5. The largest absolute Gasteiger partial charge is 0.494 e. The van der Waals surface area contributed by atoms with Gasteiger partial charge in [-0.2, -0.15) is 0 Å². The van der Waals surface area contributed by atoms with Gasteiger partial charge in [-0.3, -0.25) is 4.79 Å². The van der Waals surface area contributed by atoms with Gasteiger partial charge in [0.05, 0.1) is 6.61 Å². The number of ketones is 1. The average molecular weight is 416 g/mol. The first-order valence-corrected chi connectivity index (χ1v) is 10.8.